The maximum Gasteiger partial charge on any atom is 0.225 e. The number of nitrogens with two attached hydrogens (primary N) is 1. The van der Waals surface area contributed by atoms with Crippen molar-refractivity contribution < 1.29 is 4.79 Å². The number of pyridine rings is 1. The topological polar surface area (TPSA) is 62.5 Å². The molecule has 1 aromatic carbocycles. The molecule has 1 saturated heterocycles. The van der Waals surface area contributed by atoms with Crippen LogP contribution in [-0.2, 0) is 4.79 Å². The highest BCUT2D eigenvalue weighted by molar-refractivity contribution is 5.85. The van der Waals surface area contributed by atoms with Crippen molar-refractivity contribution in [2.24, 2.45) is 11.7 Å². The third kappa shape index (κ3) is 3.09. The van der Waals surface area contributed by atoms with E-state index in [1.807, 2.05) is 11.8 Å². The van der Waals surface area contributed by atoms with Crippen LogP contribution in [-0.4, -0.2) is 42.0 Å². The van der Waals surface area contributed by atoms with Gasteiger partial charge in [-0.15, -0.1) is 0 Å². The Balaban J connectivity index is 1.63. The van der Waals surface area contributed by atoms with Crippen LogP contribution in [0, 0.1) is 12.8 Å². The van der Waals surface area contributed by atoms with Crippen molar-refractivity contribution in [1.29, 1.82) is 0 Å². The normalized spacial score (nSPS) is 19.3. The van der Waals surface area contributed by atoms with Crippen molar-refractivity contribution in [1.82, 2.24) is 9.88 Å². The van der Waals surface area contributed by atoms with Gasteiger partial charge in [-0.05, 0) is 38.3 Å². The molecule has 2 heterocycles. The van der Waals surface area contributed by atoms with Crippen LogP contribution in [0.2, 0.25) is 0 Å². The molecule has 1 atom stereocenters. The molecule has 1 saturated carbocycles. The van der Waals surface area contributed by atoms with Crippen LogP contribution in [0.5, 0.6) is 0 Å². The van der Waals surface area contributed by atoms with Gasteiger partial charge in [0.1, 0.15) is 5.82 Å². The second kappa shape index (κ2) is 6.30. The summed E-state index contributed by atoms with van der Waals surface area (Å²) in [6.07, 6.45) is 2.14. The minimum absolute atomic E-state index is 0.0708. The lowest BCUT2D eigenvalue weighted by Gasteiger charge is -2.37. The molecule has 5 nitrogen and oxygen atoms in total. The molecule has 1 aliphatic heterocycles. The molecule has 1 aromatic heterocycles. The first-order chi connectivity index (χ1) is 12.0. The molecule has 0 spiro atoms. The molecule has 132 valence electrons. The number of carbonyl (C=O) groups excluding carboxylic acids is 1. The number of aryl methyl sites for hydroxylation is 1. The second-order valence-electron chi connectivity index (χ2n) is 7.42. The second-order valence-corrected chi connectivity index (χ2v) is 7.42. The summed E-state index contributed by atoms with van der Waals surface area (Å²) in [4.78, 5) is 21.6. The summed E-state index contributed by atoms with van der Waals surface area (Å²) in [6.45, 7) is 7.31. The van der Waals surface area contributed by atoms with E-state index in [4.69, 9.17) is 10.7 Å². The molecule has 1 aliphatic carbocycles. The van der Waals surface area contributed by atoms with Gasteiger partial charge in [-0.25, -0.2) is 4.98 Å². The molecule has 2 fully saturated rings. The molecule has 4 rings (SSSR count). The molecule has 2 aromatic rings. The maximum atomic E-state index is 12.3. The number of rotatable bonds is 3. The average molecular weight is 338 g/mol. The Morgan fingerprint density at radius 3 is 2.60 bits per heavy atom. The van der Waals surface area contributed by atoms with Gasteiger partial charge in [-0.3, -0.25) is 4.79 Å². The minimum atomic E-state index is -0.0708. The lowest BCUT2D eigenvalue weighted by atomic mass is 10.0. The number of fused-ring (bicyclic) bond motifs is 1. The Morgan fingerprint density at radius 1 is 1.24 bits per heavy atom. The fraction of sp³-hybridized carbons (Fsp3) is 0.500. The lowest BCUT2D eigenvalue weighted by Crippen LogP contribution is -2.49. The van der Waals surface area contributed by atoms with Crippen LogP contribution in [0.3, 0.4) is 0 Å². The van der Waals surface area contributed by atoms with E-state index in [2.05, 4.69) is 36.1 Å². The quantitative estimate of drug-likeness (QED) is 0.934. The lowest BCUT2D eigenvalue weighted by molar-refractivity contribution is -0.132. The van der Waals surface area contributed by atoms with Crippen LogP contribution in [0.1, 0.15) is 36.9 Å². The van der Waals surface area contributed by atoms with Crippen LogP contribution in [0.15, 0.2) is 24.3 Å². The van der Waals surface area contributed by atoms with Gasteiger partial charge in [0.2, 0.25) is 5.91 Å². The van der Waals surface area contributed by atoms with Crippen LogP contribution in [0.4, 0.5) is 5.82 Å². The van der Waals surface area contributed by atoms with Gasteiger partial charge in [-0.2, -0.15) is 0 Å². The Morgan fingerprint density at radius 2 is 1.96 bits per heavy atom. The Kier molecular flexibility index (Phi) is 4.12. The Labute approximate surface area is 148 Å². The van der Waals surface area contributed by atoms with E-state index in [1.54, 1.807) is 0 Å². The van der Waals surface area contributed by atoms with Crippen molar-refractivity contribution >= 4 is 22.6 Å². The zero-order chi connectivity index (χ0) is 17.6. The molecule has 2 N–H and O–H groups in total. The predicted octanol–water partition coefficient (Wildman–Crippen LogP) is 2.62. The molecular formula is C20H26N4O. The van der Waals surface area contributed by atoms with Crippen LogP contribution >= 0.6 is 0 Å². The van der Waals surface area contributed by atoms with Crippen LogP contribution < -0.4 is 10.6 Å². The van der Waals surface area contributed by atoms with E-state index >= 15 is 0 Å². The van der Waals surface area contributed by atoms with Crippen molar-refractivity contribution in [2.45, 2.75) is 32.7 Å². The first kappa shape index (κ1) is 16.3. The number of benzene rings is 1. The molecule has 0 radical (unpaired) electrons. The molecule has 25 heavy (non-hydrogen) atoms. The van der Waals surface area contributed by atoms with E-state index in [-0.39, 0.29) is 6.04 Å². The van der Waals surface area contributed by atoms with Crippen molar-refractivity contribution in [3.05, 3.63) is 35.4 Å². The monoisotopic (exact) mass is 338 g/mol. The number of carbonyl (C=O) groups is 1. The van der Waals surface area contributed by atoms with Crippen molar-refractivity contribution in [3.63, 3.8) is 0 Å². The third-order valence-corrected chi connectivity index (χ3v) is 5.36. The number of hydrogen-bond acceptors (Lipinski definition) is 4. The van der Waals surface area contributed by atoms with Crippen LogP contribution in [0.25, 0.3) is 10.9 Å². The highest BCUT2D eigenvalue weighted by atomic mass is 16.2. The summed E-state index contributed by atoms with van der Waals surface area (Å²) < 4.78 is 0. The largest absolute Gasteiger partial charge is 0.353 e. The molecule has 5 heteroatoms. The molecule has 0 bridgehead atoms. The zero-order valence-electron chi connectivity index (χ0n) is 15.0. The van der Waals surface area contributed by atoms with Gasteiger partial charge < -0.3 is 15.5 Å². The standard InChI is InChI=1S/C20H26N4O/c1-13-4-3-5-16-12-17(14(2)21)19(22-18(13)16)23-8-10-24(11-9-23)20(25)15-6-7-15/h3-5,12,14-15H,6-11,21H2,1-2H3. The summed E-state index contributed by atoms with van der Waals surface area (Å²) in [7, 11) is 0. The van der Waals surface area contributed by atoms with E-state index in [0.717, 1.165) is 61.3 Å². The Bertz CT molecular complexity index is 805. The number of para-hydroxylation sites is 1. The molecule has 1 unspecified atom stereocenters. The number of aromatic nitrogens is 1. The smallest absolute Gasteiger partial charge is 0.225 e. The van der Waals surface area contributed by atoms with E-state index in [0.29, 0.717) is 11.8 Å². The highest BCUT2D eigenvalue weighted by Gasteiger charge is 2.35. The summed E-state index contributed by atoms with van der Waals surface area (Å²) in [5, 5.41) is 1.14. The average Bonchev–Trinajstić information content (AvgIpc) is 3.46. The summed E-state index contributed by atoms with van der Waals surface area (Å²) in [5.41, 5.74) is 9.54. The van der Waals surface area contributed by atoms with E-state index in [9.17, 15) is 4.79 Å². The van der Waals surface area contributed by atoms with Gasteiger partial charge in [0, 0.05) is 49.1 Å². The van der Waals surface area contributed by atoms with Gasteiger partial charge in [0.05, 0.1) is 5.52 Å². The zero-order valence-corrected chi connectivity index (χ0v) is 15.0. The molecule has 2 aliphatic rings. The third-order valence-electron chi connectivity index (χ3n) is 5.36. The van der Waals surface area contributed by atoms with Gasteiger partial charge >= 0.3 is 0 Å². The summed E-state index contributed by atoms with van der Waals surface area (Å²) in [6, 6.07) is 8.36. The first-order valence-electron chi connectivity index (χ1n) is 9.24. The Hall–Kier alpha value is -2.14. The number of nitrogens with zero attached hydrogens (tertiary/aromatic N) is 3. The fourth-order valence-electron chi connectivity index (χ4n) is 3.67. The number of amides is 1. The van der Waals surface area contributed by atoms with Gasteiger partial charge in [0.15, 0.2) is 0 Å². The summed E-state index contributed by atoms with van der Waals surface area (Å²) >= 11 is 0. The van der Waals surface area contributed by atoms with Crippen molar-refractivity contribution in [2.75, 3.05) is 31.1 Å². The van der Waals surface area contributed by atoms with E-state index in [1.165, 1.54) is 5.56 Å². The SMILES string of the molecule is Cc1cccc2cc(C(C)N)c(N3CCN(C(=O)C4CC4)CC3)nc12. The van der Waals surface area contributed by atoms with Gasteiger partial charge in [-0.1, -0.05) is 18.2 Å². The minimum Gasteiger partial charge on any atom is -0.353 e. The fourth-order valence-corrected chi connectivity index (χ4v) is 3.67. The highest BCUT2D eigenvalue weighted by Crippen LogP contribution is 2.33. The van der Waals surface area contributed by atoms with Crippen molar-refractivity contribution in [3.8, 4) is 0 Å². The molecule has 1 amide bonds. The van der Waals surface area contributed by atoms with Gasteiger partial charge in [0.25, 0.3) is 0 Å². The number of anilines is 1. The number of piperazine rings is 1. The van der Waals surface area contributed by atoms with E-state index < -0.39 is 0 Å². The first-order valence-corrected chi connectivity index (χ1v) is 9.24. The molecular weight excluding hydrogens is 312 g/mol. The number of hydrogen-bond donors (Lipinski definition) is 1. The summed E-state index contributed by atoms with van der Waals surface area (Å²) in [5.74, 6) is 1.62. The maximum absolute atomic E-state index is 12.3. The predicted molar refractivity (Wildman–Crippen MR) is 101 cm³/mol.